The maximum absolute atomic E-state index is 14.6. The fraction of sp³-hybridized carbons (Fsp3) is 0.260. The summed E-state index contributed by atoms with van der Waals surface area (Å²) in [5.74, 6) is -4.57. The normalized spacial score (nSPS) is 16.6. The number of amides is 7. The van der Waals surface area contributed by atoms with Gasteiger partial charge in [-0.3, -0.25) is 24.0 Å². The molecule has 18 nitrogen and oxygen atoms in total. The molecule has 0 unspecified atom stereocenters. The average molecular weight is 962 g/mol. The van der Waals surface area contributed by atoms with Crippen LogP contribution in [0.5, 0.6) is 5.75 Å². The summed E-state index contributed by atoms with van der Waals surface area (Å²) in [6.45, 7) is -0.511. The lowest BCUT2D eigenvalue weighted by molar-refractivity contribution is -0.134. The minimum atomic E-state index is -1.67. The highest BCUT2D eigenvalue weighted by Crippen LogP contribution is 2.32. The maximum atomic E-state index is 14.6. The lowest BCUT2D eigenvalue weighted by Gasteiger charge is -2.27. The van der Waals surface area contributed by atoms with Gasteiger partial charge in [-0.25, -0.2) is 9.59 Å². The third kappa shape index (κ3) is 15.6. The van der Waals surface area contributed by atoms with Gasteiger partial charge in [-0.2, -0.15) is 0 Å². The van der Waals surface area contributed by atoms with Gasteiger partial charge in [-0.15, -0.1) is 0 Å². The van der Waals surface area contributed by atoms with Crippen molar-refractivity contribution in [3.8, 4) is 16.9 Å². The number of nitrogens with two attached hydrogens (primary N) is 2. The summed E-state index contributed by atoms with van der Waals surface area (Å²) >= 11 is 6.73. The van der Waals surface area contributed by atoms with E-state index in [2.05, 4.69) is 26.6 Å². The molecular weight excluding hydrogens is 910 g/mol. The quantitative estimate of drug-likeness (QED) is 0.0668. The van der Waals surface area contributed by atoms with Crippen LogP contribution >= 0.6 is 11.6 Å². The minimum absolute atomic E-state index is 0.0691. The Bertz CT molecular complexity index is 2610. The fourth-order valence-electron chi connectivity index (χ4n) is 7.27. The Morgan fingerprint density at radius 3 is 1.86 bits per heavy atom. The number of hydrogen-bond donors (Lipinski definition) is 8. The molecule has 19 heteroatoms. The summed E-state index contributed by atoms with van der Waals surface area (Å²) in [6, 6.07) is 31.1. The number of benzene rings is 5. The molecule has 0 aromatic heterocycles. The van der Waals surface area contributed by atoms with Crippen molar-refractivity contribution in [2.45, 2.75) is 75.8 Å². The monoisotopic (exact) mass is 961 g/mol. The molecule has 6 rings (SSSR count). The molecule has 69 heavy (non-hydrogen) atoms. The summed E-state index contributed by atoms with van der Waals surface area (Å²) in [5.41, 5.74) is 15.1. The molecule has 7 amide bonds. The number of halogens is 1. The van der Waals surface area contributed by atoms with E-state index in [1.165, 1.54) is 0 Å². The van der Waals surface area contributed by atoms with Gasteiger partial charge in [0.2, 0.25) is 29.5 Å². The summed E-state index contributed by atoms with van der Waals surface area (Å²) in [7, 11) is 0. The van der Waals surface area contributed by atoms with E-state index in [0.29, 0.717) is 39.1 Å². The Morgan fingerprint density at radius 1 is 0.696 bits per heavy atom. The molecule has 1 aliphatic heterocycles. The average Bonchev–Trinajstić information content (AvgIpc) is 3.34. The van der Waals surface area contributed by atoms with Crippen LogP contribution < -0.4 is 42.8 Å². The molecule has 0 aliphatic carbocycles. The maximum Gasteiger partial charge on any atom is 0.408 e. The largest absolute Gasteiger partial charge is 0.489 e. The van der Waals surface area contributed by atoms with E-state index < -0.39 is 91.4 Å². The van der Waals surface area contributed by atoms with E-state index in [0.717, 1.165) is 5.56 Å². The molecule has 5 aromatic rings. The first-order chi connectivity index (χ1) is 33.2. The van der Waals surface area contributed by atoms with Crippen LogP contribution in [0.1, 0.15) is 40.7 Å². The molecule has 10 N–H and O–H groups in total. The number of alkyl carbamates (subject to hydrolysis) is 2. The first kappa shape index (κ1) is 50.5. The van der Waals surface area contributed by atoms with E-state index in [-0.39, 0.29) is 37.7 Å². The smallest absolute Gasteiger partial charge is 0.408 e. The molecule has 360 valence electrons. The third-order valence-corrected chi connectivity index (χ3v) is 11.2. The van der Waals surface area contributed by atoms with Gasteiger partial charge in [-0.05, 0) is 63.2 Å². The Morgan fingerprint density at radius 2 is 1.26 bits per heavy atom. The van der Waals surface area contributed by atoms with Gasteiger partial charge in [0.05, 0.1) is 12.5 Å². The van der Waals surface area contributed by atoms with Crippen molar-refractivity contribution >= 4 is 53.3 Å². The lowest BCUT2D eigenvalue weighted by Crippen LogP contribution is -2.59. The van der Waals surface area contributed by atoms with Crippen LogP contribution in [-0.4, -0.2) is 83.6 Å². The zero-order chi connectivity index (χ0) is 49.3. The number of aliphatic hydroxyl groups excluding tert-OH is 1. The standard InChI is InChI=1S/C50H52ClN7O11/c51-38-18-16-33-20-35(38)22-40(46(62)55-39(45(53)61)25-44(52)60)56-48(64)42(24-37(59)26-54-49(65)68-28-31-12-6-2-7-13-31)57-47(63)41(58-50(66)69-29-32-14-8-3-9-15-32)23-36-21-34(33)17-19-43(36)67-27-30-10-4-1-5-11-30/h1-21,37,39-42,59H,22-29H2,(H2,52,60)(H2,53,61)(H,54,65)(H,55,62)(H,56,64)(H,57,63)(H,58,66)/t37-,39+,40+,41+,42+/m1/s1. The Kier molecular flexibility index (Phi) is 18.1. The lowest BCUT2D eigenvalue weighted by atomic mass is 9.95. The molecule has 1 heterocycles. The van der Waals surface area contributed by atoms with E-state index >= 15 is 0 Å². The van der Waals surface area contributed by atoms with Crippen LogP contribution in [-0.2, 0) is 66.1 Å². The van der Waals surface area contributed by atoms with Crippen LogP contribution in [0.15, 0.2) is 127 Å². The molecule has 5 aromatic carbocycles. The number of fused-ring (bicyclic) bond motifs is 5. The number of carbonyl (C=O) groups is 7. The van der Waals surface area contributed by atoms with E-state index in [1.807, 2.05) is 30.3 Å². The summed E-state index contributed by atoms with van der Waals surface area (Å²) < 4.78 is 17.1. The highest BCUT2D eigenvalue weighted by Gasteiger charge is 2.34. The van der Waals surface area contributed by atoms with Crippen molar-refractivity contribution in [1.29, 1.82) is 0 Å². The second-order valence-electron chi connectivity index (χ2n) is 16.2. The Hall–Kier alpha value is -7.96. The van der Waals surface area contributed by atoms with Crippen molar-refractivity contribution in [1.82, 2.24) is 26.6 Å². The first-order valence-corrected chi connectivity index (χ1v) is 22.3. The first-order valence-electron chi connectivity index (χ1n) is 21.9. The van der Waals surface area contributed by atoms with E-state index in [9.17, 15) is 38.7 Å². The predicted molar refractivity (Wildman–Crippen MR) is 253 cm³/mol. The molecule has 0 saturated heterocycles. The molecule has 1 aliphatic rings. The zero-order valence-corrected chi connectivity index (χ0v) is 38.0. The van der Waals surface area contributed by atoms with Crippen LogP contribution in [0.4, 0.5) is 9.59 Å². The van der Waals surface area contributed by atoms with Gasteiger partial charge >= 0.3 is 12.2 Å². The Labute approximate surface area is 402 Å². The number of hydrogen-bond acceptors (Lipinski definition) is 11. The number of rotatable bonds is 17. The van der Waals surface area contributed by atoms with Crippen LogP contribution in [0, 0.1) is 0 Å². The zero-order valence-electron chi connectivity index (χ0n) is 37.2. The van der Waals surface area contributed by atoms with Gasteiger partial charge in [0.25, 0.3) is 0 Å². The molecule has 0 fully saturated rings. The van der Waals surface area contributed by atoms with Crippen molar-refractivity contribution in [2.75, 3.05) is 6.54 Å². The highest BCUT2D eigenvalue weighted by molar-refractivity contribution is 6.31. The van der Waals surface area contributed by atoms with Crippen molar-refractivity contribution in [3.05, 3.63) is 160 Å². The number of ether oxygens (including phenoxy) is 3. The fourth-order valence-corrected chi connectivity index (χ4v) is 7.47. The Balaban J connectivity index is 1.37. The van der Waals surface area contributed by atoms with E-state index in [4.69, 9.17) is 37.3 Å². The topological polar surface area (TPSA) is 280 Å². The van der Waals surface area contributed by atoms with Crippen LogP contribution in [0.2, 0.25) is 5.02 Å². The van der Waals surface area contributed by atoms with Gasteiger partial charge in [0.1, 0.15) is 49.7 Å². The molecule has 5 atom stereocenters. The molecule has 0 radical (unpaired) electrons. The number of aliphatic hydroxyl groups is 1. The minimum Gasteiger partial charge on any atom is -0.489 e. The number of carbonyl (C=O) groups excluding carboxylic acids is 7. The van der Waals surface area contributed by atoms with Gasteiger partial charge < -0.3 is 57.4 Å². The van der Waals surface area contributed by atoms with Crippen molar-refractivity contribution in [3.63, 3.8) is 0 Å². The van der Waals surface area contributed by atoms with Gasteiger partial charge in [0, 0.05) is 30.8 Å². The summed E-state index contributed by atoms with van der Waals surface area (Å²) in [4.78, 5) is 93.5. The molecule has 4 bridgehead atoms. The molecule has 0 saturated carbocycles. The summed E-state index contributed by atoms with van der Waals surface area (Å²) in [6.07, 6.45) is -5.09. The number of primary amides is 2. The number of nitrogens with one attached hydrogen (secondary N) is 5. The van der Waals surface area contributed by atoms with Gasteiger partial charge in [-0.1, -0.05) is 115 Å². The summed E-state index contributed by atoms with van der Waals surface area (Å²) in [5, 5.41) is 24.1. The van der Waals surface area contributed by atoms with Crippen LogP contribution in [0.3, 0.4) is 0 Å². The second kappa shape index (κ2) is 24.7. The molecule has 0 spiro atoms. The third-order valence-electron chi connectivity index (χ3n) is 10.9. The van der Waals surface area contributed by atoms with Crippen molar-refractivity contribution < 1.29 is 52.9 Å². The van der Waals surface area contributed by atoms with E-state index in [1.54, 1.807) is 97.1 Å². The molecular formula is C50H52ClN7O11. The second-order valence-corrected chi connectivity index (χ2v) is 16.6. The van der Waals surface area contributed by atoms with Crippen molar-refractivity contribution in [2.24, 2.45) is 11.5 Å². The SMILES string of the molecule is NC(=O)C[C@H](NC(=O)[C@@H]1Cc2cc(ccc2Cl)-c2ccc(OCc3ccccc3)c(c2)C[C@H](NC(=O)OCc2ccccc2)C(=O)N[C@@H](C[C@@H](O)CNC(=O)OCc2ccccc2)C(=O)N1)C(N)=O. The predicted octanol–water partition coefficient (Wildman–Crippen LogP) is 3.47. The highest BCUT2D eigenvalue weighted by atomic mass is 35.5. The van der Waals surface area contributed by atoms with Gasteiger partial charge in [0.15, 0.2) is 0 Å². The van der Waals surface area contributed by atoms with Crippen LogP contribution in [0.25, 0.3) is 11.1 Å².